The predicted octanol–water partition coefficient (Wildman–Crippen LogP) is 1.59. The van der Waals surface area contributed by atoms with E-state index < -0.39 is 0 Å². The summed E-state index contributed by atoms with van der Waals surface area (Å²) in [4.78, 5) is 26.2. The summed E-state index contributed by atoms with van der Waals surface area (Å²) in [5.41, 5.74) is 5.41. The Kier molecular flexibility index (Phi) is 10.6. The fourth-order valence-electron chi connectivity index (χ4n) is 3.00. The van der Waals surface area contributed by atoms with Crippen LogP contribution in [0, 0.1) is 5.92 Å². The third-order valence-corrected chi connectivity index (χ3v) is 4.45. The van der Waals surface area contributed by atoms with Crippen LogP contribution in [-0.4, -0.2) is 56.6 Å². The normalized spacial score (nSPS) is 16.2. The number of likely N-dealkylation sites (tertiary alicyclic amines) is 1. The average molecular weight is 400 g/mol. The molecule has 0 radical (unpaired) electrons. The smallest absolute Gasteiger partial charge is 0.224 e. The van der Waals surface area contributed by atoms with E-state index in [1.165, 1.54) is 0 Å². The number of amides is 2. The highest BCUT2D eigenvalue weighted by Crippen LogP contribution is 2.19. The number of nitrogens with two attached hydrogens (primary N) is 1. The molecule has 152 valence electrons. The molecule has 1 saturated heterocycles. The van der Waals surface area contributed by atoms with E-state index in [1.54, 1.807) is 12.0 Å². The molecule has 1 aliphatic rings. The number of carbonyl (C=O) groups is 2. The highest BCUT2D eigenvalue weighted by Gasteiger charge is 2.27. The zero-order chi connectivity index (χ0) is 18.8. The highest BCUT2D eigenvalue weighted by molar-refractivity contribution is 5.85. The van der Waals surface area contributed by atoms with Gasteiger partial charge in [0.05, 0.1) is 19.6 Å². The Balaban J connectivity index is 0.00000364. The van der Waals surface area contributed by atoms with E-state index in [0.29, 0.717) is 39.1 Å². The molecular weight excluding hydrogens is 370 g/mol. The maximum absolute atomic E-state index is 12.4. The van der Waals surface area contributed by atoms with Crippen LogP contribution in [0.1, 0.15) is 25.7 Å². The molecule has 0 bridgehead atoms. The number of benzene rings is 1. The summed E-state index contributed by atoms with van der Waals surface area (Å²) in [7, 11) is 1.62. The van der Waals surface area contributed by atoms with Crippen molar-refractivity contribution in [3.8, 4) is 11.5 Å². The van der Waals surface area contributed by atoms with Gasteiger partial charge < -0.3 is 25.4 Å². The standard InChI is InChI=1S/C19H29N3O4.ClH/c1-25-16-6-8-17(9-7-16)26-13-3-5-18(23)22-12-2-4-15(14-22)19(24)21-11-10-20;/h6-9,15H,2-5,10-14,20H2,1H3,(H,21,24);1H. The lowest BCUT2D eigenvalue weighted by Crippen LogP contribution is -2.46. The molecule has 0 spiro atoms. The highest BCUT2D eigenvalue weighted by atomic mass is 35.5. The monoisotopic (exact) mass is 399 g/mol. The molecule has 1 fully saturated rings. The van der Waals surface area contributed by atoms with Crippen LogP contribution in [0.4, 0.5) is 0 Å². The molecule has 1 unspecified atom stereocenters. The van der Waals surface area contributed by atoms with E-state index in [9.17, 15) is 9.59 Å². The first-order valence-corrected chi connectivity index (χ1v) is 9.16. The molecule has 7 nitrogen and oxygen atoms in total. The van der Waals surface area contributed by atoms with Crippen LogP contribution in [0.2, 0.25) is 0 Å². The molecule has 2 rings (SSSR count). The third kappa shape index (κ3) is 7.64. The number of hydrogen-bond donors (Lipinski definition) is 2. The quantitative estimate of drug-likeness (QED) is 0.615. The van der Waals surface area contributed by atoms with Gasteiger partial charge in [0.1, 0.15) is 11.5 Å². The molecule has 3 N–H and O–H groups in total. The van der Waals surface area contributed by atoms with Gasteiger partial charge in [-0.25, -0.2) is 0 Å². The lowest BCUT2D eigenvalue weighted by Gasteiger charge is -2.32. The van der Waals surface area contributed by atoms with Crippen LogP contribution in [-0.2, 0) is 9.59 Å². The molecule has 1 atom stereocenters. The van der Waals surface area contributed by atoms with Gasteiger partial charge in [0, 0.05) is 32.6 Å². The number of carbonyl (C=O) groups excluding carboxylic acids is 2. The molecule has 0 aliphatic carbocycles. The lowest BCUT2D eigenvalue weighted by molar-refractivity contribution is -0.135. The van der Waals surface area contributed by atoms with Crippen molar-refractivity contribution in [3.05, 3.63) is 24.3 Å². The number of piperidine rings is 1. The number of nitrogens with one attached hydrogen (secondary N) is 1. The number of ether oxygens (including phenoxy) is 2. The van der Waals surface area contributed by atoms with Gasteiger partial charge in [-0.1, -0.05) is 0 Å². The number of methoxy groups -OCH3 is 1. The molecule has 0 saturated carbocycles. The predicted molar refractivity (Wildman–Crippen MR) is 106 cm³/mol. The van der Waals surface area contributed by atoms with Gasteiger partial charge in [-0.2, -0.15) is 0 Å². The van der Waals surface area contributed by atoms with Gasteiger partial charge in [-0.05, 0) is 43.5 Å². The molecule has 2 amide bonds. The van der Waals surface area contributed by atoms with E-state index in [-0.39, 0.29) is 30.1 Å². The van der Waals surface area contributed by atoms with Crippen molar-refractivity contribution in [2.24, 2.45) is 11.7 Å². The Morgan fingerprint density at radius 1 is 1.26 bits per heavy atom. The zero-order valence-corrected chi connectivity index (χ0v) is 16.6. The van der Waals surface area contributed by atoms with Crippen LogP contribution in [0.15, 0.2) is 24.3 Å². The van der Waals surface area contributed by atoms with Gasteiger partial charge in [0.2, 0.25) is 11.8 Å². The zero-order valence-electron chi connectivity index (χ0n) is 15.8. The minimum Gasteiger partial charge on any atom is -0.497 e. The van der Waals surface area contributed by atoms with Crippen molar-refractivity contribution in [1.82, 2.24) is 10.2 Å². The van der Waals surface area contributed by atoms with Crippen LogP contribution in [0.3, 0.4) is 0 Å². The fraction of sp³-hybridized carbons (Fsp3) is 0.579. The minimum absolute atomic E-state index is 0. The number of halogens is 1. The Morgan fingerprint density at radius 2 is 1.96 bits per heavy atom. The molecule has 0 aromatic heterocycles. The lowest BCUT2D eigenvalue weighted by atomic mass is 9.96. The number of nitrogens with zero attached hydrogens (tertiary/aromatic N) is 1. The summed E-state index contributed by atoms with van der Waals surface area (Å²) in [6.45, 7) is 2.60. The van der Waals surface area contributed by atoms with Gasteiger partial charge >= 0.3 is 0 Å². The first-order valence-electron chi connectivity index (χ1n) is 9.16. The van der Waals surface area contributed by atoms with Gasteiger partial charge in [-0.15, -0.1) is 12.4 Å². The van der Waals surface area contributed by atoms with Gasteiger partial charge in [0.25, 0.3) is 0 Å². The summed E-state index contributed by atoms with van der Waals surface area (Å²) < 4.78 is 10.7. The molecular formula is C19H30ClN3O4. The fourth-order valence-corrected chi connectivity index (χ4v) is 3.00. The van der Waals surface area contributed by atoms with Crippen LogP contribution in [0.25, 0.3) is 0 Å². The summed E-state index contributed by atoms with van der Waals surface area (Å²) in [5.74, 6) is 1.49. The van der Waals surface area contributed by atoms with Crippen molar-refractivity contribution in [2.75, 3.05) is 39.9 Å². The van der Waals surface area contributed by atoms with Crippen molar-refractivity contribution in [1.29, 1.82) is 0 Å². The first kappa shape index (κ1) is 23.0. The van der Waals surface area contributed by atoms with Gasteiger partial charge in [0.15, 0.2) is 0 Å². The molecule has 1 heterocycles. The largest absolute Gasteiger partial charge is 0.497 e. The van der Waals surface area contributed by atoms with Crippen molar-refractivity contribution in [3.63, 3.8) is 0 Å². The van der Waals surface area contributed by atoms with Crippen LogP contribution < -0.4 is 20.5 Å². The van der Waals surface area contributed by atoms with Gasteiger partial charge in [-0.3, -0.25) is 9.59 Å². The van der Waals surface area contributed by atoms with E-state index >= 15 is 0 Å². The molecule has 8 heteroatoms. The minimum atomic E-state index is -0.130. The third-order valence-electron chi connectivity index (χ3n) is 4.45. The Hall–Kier alpha value is -1.99. The Bertz CT molecular complexity index is 583. The van der Waals surface area contributed by atoms with E-state index in [4.69, 9.17) is 15.2 Å². The SMILES string of the molecule is COc1ccc(OCCCC(=O)N2CCCC(C(=O)NCCN)C2)cc1.Cl. The van der Waals surface area contributed by atoms with Crippen LogP contribution >= 0.6 is 12.4 Å². The second-order valence-electron chi connectivity index (χ2n) is 6.39. The average Bonchev–Trinajstić information content (AvgIpc) is 2.69. The molecule has 1 aromatic rings. The summed E-state index contributed by atoms with van der Waals surface area (Å²) in [6, 6.07) is 7.36. The Morgan fingerprint density at radius 3 is 2.63 bits per heavy atom. The van der Waals surface area contributed by atoms with Crippen molar-refractivity contribution in [2.45, 2.75) is 25.7 Å². The Labute approximate surface area is 167 Å². The maximum atomic E-state index is 12.4. The second kappa shape index (κ2) is 12.4. The molecule has 1 aliphatic heterocycles. The van der Waals surface area contributed by atoms with Crippen molar-refractivity contribution >= 4 is 24.2 Å². The summed E-state index contributed by atoms with van der Waals surface area (Å²) in [6.07, 6.45) is 2.74. The number of hydrogen-bond acceptors (Lipinski definition) is 5. The maximum Gasteiger partial charge on any atom is 0.224 e. The second-order valence-corrected chi connectivity index (χ2v) is 6.39. The van der Waals surface area contributed by atoms with E-state index in [1.807, 2.05) is 24.3 Å². The first-order chi connectivity index (χ1) is 12.6. The van der Waals surface area contributed by atoms with E-state index in [2.05, 4.69) is 5.32 Å². The topological polar surface area (TPSA) is 93.9 Å². The molecule has 27 heavy (non-hydrogen) atoms. The molecule has 1 aromatic carbocycles. The summed E-state index contributed by atoms with van der Waals surface area (Å²) >= 11 is 0. The van der Waals surface area contributed by atoms with E-state index in [0.717, 1.165) is 30.9 Å². The van der Waals surface area contributed by atoms with Crippen LogP contribution in [0.5, 0.6) is 11.5 Å². The number of rotatable bonds is 9. The summed E-state index contributed by atoms with van der Waals surface area (Å²) in [5, 5.41) is 2.81. The van der Waals surface area contributed by atoms with Crippen molar-refractivity contribution < 1.29 is 19.1 Å².